The molecule has 0 unspecified atom stereocenters. The lowest BCUT2D eigenvalue weighted by Gasteiger charge is -2.39. The van der Waals surface area contributed by atoms with Crippen molar-refractivity contribution in [1.29, 1.82) is 0 Å². The molecule has 1 aliphatic carbocycles. The molecule has 0 bridgehead atoms. The molecule has 25 heavy (non-hydrogen) atoms. The van der Waals surface area contributed by atoms with Crippen LogP contribution in [0.4, 0.5) is 0 Å². The van der Waals surface area contributed by atoms with Gasteiger partial charge in [0.05, 0.1) is 10.9 Å². The van der Waals surface area contributed by atoms with Crippen LogP contribution in [-0.2, 0) is 4.79 Å². The number of likely N-dealkylation sites (tertiary alicyclic amines) is 1. The number of carbonyl (C=O) groups excluding carboxylic acids is 1. The van der Waals surface area contributed by atoms with Crippen LogP contribution in [0.25, 0.3) is 11.5 Å². The van der Waals surface area contributed by atoms with Gasteiger partial charge in [0.1, 0.15) is 5.69 Å². The highest BCUT2D eigenvalue weighted by Crippen LogP contribution is 2.32. The molecule has 0 N–H and O–H groups in total. The summed E-state index contributed by atoms with van der Waals surface area (Å²) in [7, 11) is 0. The second-order valence-electron chi connectivity index (χ2n) is 7.46. The number of hydrogen-bond acceptors (Lipinski definition) is 6. The molecule has 1 saturated carbocycles. The third kappa shape index (κ3) is 3.34. The van der Waals surface area contributed by atoms with Crippen molar-refractivity contribution in [2.75, 3.05) is 13.1 Å². The molecule has 0 aromatic carbocycles. The first-order valence-corrected chi connectivity index (χ1v) is 10.1. The van der Waals surface area contributed by atoms with Gasteiger partial charge in [-0.25, -0.2) is 4.98 Å². The Morgan fingerprint density at radius 2 is 2.00 bits per heavy atom. The molecule has 1 amide bonds. The third-order valence-electron chi connectivity index (χ3n) is 5.18. The zero-order valence-electron chi connectivity index (χ0n) is 14.8. The van der Waals surface area contributed by atoms with Gasteiger partial charge < -0.3 is 9.42 Å². The summed E-state index contributed by atoms with van der Waals surface area (Å²) in [5.74, 6) is 2.29. The first-order valence-electron chi connectivity index (χ1n) is 9.20. The first kappa shape index (κ1) is 16.7. The van der Waals surface area contributed by atoms with E-state index in [0.29, 0.717) is 36.6 Å². The molecule has 2 aromatic heterocycles. The van der Waals surface area contributed by atoms with Gasteiger partial charge in [-0.05, 0) is 12.8 Å². The quantitative estimate of drug-likeness (QED) is 0.829. The second kappa shape index (κ2) is 6.86. The van der Waals surface area contributed by atoms with E-state index in [4.69, 9.17) is 4.52 Å². The Morgan fingerprint density at radius 1 is 1.24 bits per heavy atom. The highest BCUT2D eigenvalue weighted by Gasteiger charge is 2.38. The van der Waals surface area contributed by atoms with Crippen molar-refractivity contribution < 1.29 is 9.32 Å². The minimum Gasteiger partial charge on any atom is -0.341 e. The first-order chi connectivity index (χ1) is 12.1. The summed E-state index contributed by atoms with van der Waals surface area (Å²) in [5.41, 5.74) is 0.776. The topological polar surface area (TPSA) is 72.1 Å². The largest absolute Gasteiger partial charge is 0.341 e. The molecular weight excluding hydrogens is 336 g/mol. The monoisotopic (exact) mass is 360 g/mol. The summed E-state index contributed by atoms with van der Waals surface area (Å²) >= 11 is 1.62. The van der Waals surface area contributed by atoms with E-state index in [9.17, 15) is 4.79 Å². The molecule has 134 valence electrons. The van der Waals surface area contributed by atoms with Crippen molar-refractivity contribution >= 4 is 17.2 Å². The number of aromatic nitrogens is 3. The number of thiazole rings is 1. The van der Waals surface area contributed by atoms with Gasteiger partial charge in [-0.1, -0.05) is 38.3 Å². The third-order valence-corrected chi connectivity index (χ3v) is 6.33. The standard InChI is InChI=1S/C18H24N4O2S/c1-11(2)17-19-14(10-25-17)15-20-16(24-21-15)13-8-22(9-13)18(23)12-6-4-3-5-7-12/h10-13H,3-9H2,1-2H3. The van der Waals surface area contributed by atoms with E-state index in [0.717, 1.165) is 23.5 Å². The minimum absolute atomic E-state index is 0.164. The zero-order valence-corrected chi connectivity index (χ0v) is 15.6. The maximum atomic E-state index is 12.5. The van der Waals surface area contributed by atoms with Crippen LogP contribution >= 0.6 is 11.3 Å². The summed E-state index contributed by atoms with van der Waals surface area (Å²) in [6.07, 6.45) is 5.74. The molecule has 3 heterocycles. The van der Waals surface area contributed by atoms with E-state index >= 15 is 0 Å². The Balaban J connectivity index is 1.36. The summed E-state index contributed by atoms with van der Waals surface area (Å²) in [5, 5.41) is 7.13. The smallest absolute Gasteiger partial charge is 0.233 e. The van der Waals surface area contributed by atoms with Gasteiger partial charge in [-0.3, -0.25) is 4.79 Å². The number of nitrogens with zero attached hydrogens (tertiary/aromatic N) is 4. The summed E-state index contributed by atoms with van der Waals surface area (Å²) in [4.78, 5) is 23.5. The molecule has 4 rings (SSSR count). The number of carbonyl (C=O) groups is 1. The Morgan fingerprint density at radius 3 is 2.68 bits per heavy atom. The van der Waals surface area contributed by atoms with E-state index in [1.54, 1.807) is 11.3 Å². The molecule has 2 fully saturated rings. The fraction of sp³-hybridized carbons (Fsp3) is 0.667. The molecule has 0 atom stereocenters. The fourth-order valence-corrected chi connectivity index (χ4v) is 4.40. The maximum Gasteiger partial charge on any atom is 0.233 e. The molecule has 0 radical (unpaired) electrons. The number of amides is 1. The maximum absolute atomic E-state index is 12.5. The van der Waals surface area contributed by atoms with Gasteiger partial charge in [0.15, 0.2) is 0 Å². The molecule has 2 aromatic rings. The lowest BCUT2D eigenvalue weighted by Crippen LogP contribution is -2.51. The second-order valence-corrected chi connectivity index (χ2v) is 8.35. The van der Waals surface area contributed by atoms with Gasteiger partial charge in [0.2, 0.25) is 17.6 Å². The van der Waals surface area contributed by atoms with Crippen LogP contribution in [0.5, 0.6) is 0 Å². The van der Waals surface area contributed by atoms with Crippen molar-refractivity contribution in [1.82, 2.24) is 20.0 Å². The van der Waals surface area contributed by atoms with Crippen molar-refractivity contribution in [3.8, 4) is 11.5 Å². The van der Waals surface area contributed by atoms with Crippen LogP contribution in [0, 0.1) is 5.92 Å². The number of hydrogen-bond donors (Lipinski definition) is 0. The summed E-state index contributed by atoms with van der Waals surface area (Å²) in [6, 6.07) is 0. The van der Waals surface area contributed by atoms with E-state index in [1.807, 2.05) is 10.3 Å². The van der Waals surface area contributed by atoms with Crippen molar-refractivity contribution in [3.05, 3.63) is 16.3 Å². The van der Waals surface area contributed by atoms with Gasteiger partial charge in [-0.15, -0.1) is 11.3 Å². The molecule has 6 nitrogen and oxygen atoms in total. The van der Waals surface area contributed by atoms with Gasteiger partial charge in [-0.2, -0.15) is 4.98 Å². The lowest BCUT2D eigenvalue weighted by atomic mass is 9.86. The lowest BCUT2D eigenvalue weighted by molar-refractivity contribution is -0.141. The van der Waals surface area contributed by atoms with Crippen molar-refractivity contribution in [3.63, 3.8) is 0 Å². The van der Waals surface area contributed by atoms with Gasteiger partial charge in [0, 0.05) is 30.3 Å². The molecule has 2 aliphatic rings. The van der Waals surface area contributed by atoms with E-state index in [-0.39, 0.29) is 11.8 Å². The Hall–Kier alpha value is -1.76. The average molecular weight is 360 g/mol. The van der Waals surface area contributed by atoms with Crippen LogP contribution in [0.15, 0.2) is 9.90 Å². The normalized spacial score (nSPS) is 19.4. The predicted octanol–water partition coefficient (Wildman–Crippen LogP) is 3.82. The fourth-order valence-electron chi connectivity index (χ4n) is 3.58. The van der Waals surface area contributed by atoms with Crippen LogP contribution < -0.4 is 0 Å². The molecule has 1 saturated heterocycles. The van der Waals surface area contributed by atoms with Crippen molar-refractivity contribution in [2.24, 2.45) is 5.92 Å². The predicted molar refractivity (Wildman–Crippen MR) is 95.4 cm³/mol. The number of rotatable bonds is 4. The zero-order chi connectivity index (χ0) is 17.4. The van der Waals surface area contributed by atoms with E-state index < -0.39 is 0 Å². The molecule has 0 spiro atoms. The minimum atomic E-state index is 0.164. The Labute approximate surface area is 151 Å². The highest BCUT2D eigenvalue weighted by molar-refractivity contribution is 7.10. The Bertz CT molecular complexity index is 742. The molecule has 7 heteroatoms. The van der Waals surface area contributed by atoms with E-state index in [1.165, 1.54) is 19.3 Å². The highest BCUT2D eigenvalue weighted by atomic mass is 32.1. The summed E-state index contributed by atoms with van der Waals surface area (Å²) < 4.78 is 5.43. The summed E-state index contributed by atoms with van der Waals surface area (Å²) in [6.45, 7) is 5.64. The van der Waals surface area contributed by atoms with Crippen molar-refractivity contribution in [2.45, 2.75) is 57.8 Å². The SMILES string of the molecule is CC(C)c1nc(-c2noc(C3CN(C(=O)C4CCCCC4)C3)n2)cs1. The van der Waals surface area contributed by atoms with Crippen LogP contribution in [0.1, 0.15) is 68.7 Å². The van der Waals surface area contributed by atoms with E-state index in [2.05, 4.69) is 29.0 Å². The van der Waals surface area contributed by atoms with Crippen LogP contribution in [0.3, 0.4) is 0 Å². The van der Waals surface area contributed by atoms with Crippen LogP contribution in [-0.4, -0.2) is 39.0 Å². The molecule has 1 aliphatic heterocycles. The van der Waals surface area contributed by atoms with Crippen LogP contribution in [0.2, 0.25) is 0 Å². The molecular formula is C18H24N4O2S. The van der Waals surface area contributed by atoms with Gasteiger partial charge >= 0.3 is 0 Å². The Kier molecular flexibility index (Phi) is 4.58. The average Bonchev–Trinajstić information content (AvgIpc) is 3.23. The van der Waals surface area contributed by atoms with Gasteiger partial charge in [0.25, 0.3) is 0 Å².